The number of nitrogens with zero attached hydrogens (tertiary/aromatic N) is 1. The number of allylic oxidation sites excluding steroid dienone is 2. The van der Waals surface area contributed by atoms with E-state index in [1.165, 1.54) is 12.2 Å². The van der Waals surface area contributed by atoms with Crippen LogP contribution in [0.5, 0.6) is 0 Å². The van der Waals surface area contributed by atoms with Crippen molar-refractivity contribution in [3.05, 3.63) is 34.9 Å². The average Bonchev–Trinajstić information content (AvgIpc) is 3.09. The quantitative estimate of drug-likeness (QED) is 0.449. The van der Waals surface area contributed by atoms with Crippen molar-refractivity contribution in [1.29, 1.82) is 0 Å². The number of ether oxygens (including phenoxy) is 2. The SMILES string of the molecule is C/C=C(/CO)C(=O)OCC1=CCN2CC[C@@H](OC(=O)C=C(C)C)[C@@H]12. The van der Waals surface area contributed by atoms with Crippen LogP contribution in [0.3, 0.4) is 0 Å². The van der Waals surface area contributed by atoms with Crippen molar-refractivity contribution < 1.29 is 24.2 Å². The lowest BCUT2D eigenvalue weighted by molar-refractivity contribution is -0.144. The first-order valence-corrected chi connectivity index (χ1v) is 8.18. The molecule has 2 aliphatic heterocycles. The fraction of sp³-hybridized carbons (Fsp3) is 0.556. The van der Waals surface area contributed by atoms with Crippen molar-refractivity contribution in [2.75, 3.05) is 26.3 Å². The standard InChI is InChI=1S/C18H25NO5/c1-4-13(10-20)18(22)23-11-14-5-7-19-8-6-15(17(14)19)24-16(21)9-12(2)3/h4-5,9,15,17,20H,6-8,10-11H2,1-3H3/b13-4-/t15-,17-/m1/s1. The van der Waals surface area contributed by atoms with Gasteiger partial charge in [-0.3, -0.25) is 4.90 Å². The molecular weight excluding hydrogens is 310 g/mol. The van der Waals surface area contributed by atoms with Gasteiger partial charge in [0.15, 0.2) is 0 Å². The second-order valence-corrected chi connectivity index (χ2v) is 6.25. The Morgan fingerprint density at radius 2 is 2.17 bits per heavy atom. The maximum atomic E-state index is 11.9. The maximum absolute atomic E-state index is 11.9. The molecule has 2 heterocycles. The number of rotatable bonds is 6. The normalized spacial score (nSPS) is 23.5. The topological polar surface area (TPSA) is 76.1 Å². The van der Waals surface area contributed by atoms with E-state index in [0.717, 1.165) is 30.7 Å². The van der Waals surface area contributed by atoms with Crippen LogP contribution >= 0.6 is 0 Å². The molecule has 24 heavy (non-hydrogen) atoms. The van der Waals surface area contributed by atoms with Gasteiger partial charge in [0, 0.05) is 19.2 Å². The fourth-order valence-corrected chi connectivity index (χ4v) is 3.06. The van der Waals surface area contributed by atoms with Gasteiger partial charge in [-0.1, -0.05) is 17.7 Å². The smallest absolute Gasteiger partial charge is 0.336 e. The van der Waals surface area contributed by atoms with Gasteiger partial charge >= 0.3 is 11.9 Å². The van der Waals surface area contributed by atoms with E-state index < -0.39 is 5.97 Å². The van der Waals surface area contributed by atoms with Crippen molar-refractivity contribution in [3.63, 3.8) is 0 Å². The van der Waals surface area contributed by atoms with Gasteiger partial charge in [0.1, 0.15) is 12.7 Å². The molecule has 2 atom stereocenters. The highest BCUT2D eigenvalue weighted by Gasteiger charge is 2.41. The Balaban J connectivity index is 1.96. The number of aliphatic hydroxyl groups excluding tert-OH is 1. The van der Waals surface area contributed by atoms with Crippen molar-refractivity contribution >= 4 is 11.9 Å². The van der Waals surface area contributed by atoms with Crippen LogP contribution in [0.4, 0.5) is 0 Å². The van der Waals surface area contributed by atoms with Crippen molar-refractivity contribution in [1.82, 2.24) is 4.90 Å². The summed E-state index contributed by atoms with van der Waals surface area (Å²) in [6, 6.07) is -0.0319. The Bertz CT molecular complexity index is 586. The van der Waals surface area contributed by atoms with E-state index in [1.54, 1.807) is 6.92 Å². The molecule has 6 nitrogen and oxygen atoms in total. The van der Waals surface area contributed by atoms with Crippen LogP contribution in [0, 0.1) is 0 Å². The minimum Gasteiger partial charge on any atom is -0.458 e. The molecular formula is C18H25NO5. The summed E-state index contributed by atoms with van der Waals surface area (Å²) < 4.78 is 10.9. The van der Waals surface area contributed by atoms with E-state index in [1.807, 2.05) is 19.9 Å². The zero-order valence-corrected chi connectivity index (χ0v) is 14.4. The first kappa shape index (κ1) is 18.4. The number of hydrogen-bond donors (Lipinski definition) is 1. The predicted molar refractivity (Wildman–Crippen MR) is 89.2 cm³/mol. The maximum Gasteiger partial charge on any atom is 0.336 e. The van der Waals surface area contributed by atoms with Crippen molar-refractivity contribution in [2.45, 2.75) is 39.3 Å². The van der Waals surface area contributed by atoms with Crippen LogP contribution < -0.4 is 0 Å². The van der Waals surface area contributed by atoms with Gasteiger partial charge in [-0.25, -0.2) is 9.59 Å². The number of carbonyl (C=O) groups is 2. The summed E-state index contributed by atoms with van der Waals surface area (Å²) in [7, 11) is 0. The third-order valence-electron chi connectivity index (χ3n) is 4.24. The molecule has 0 radical (unpaired) electrons. The second-order valence-electron chi connectivity index (χ2n) is 6.25. The summed E-state index contributed by atoms with van der Waals surface area (Å²) in [6.45, 7) is 6.80. The Labute approximate surface area is 142 Å². The summed E-state index contributed by atoms with van der Waals surface area (Å²) in [6.07, 6.45) is 5.60. The first-order chi connectivity index (χ1) is 11.5. The number of aliphatic hydroxyl groups is 1. The minimum absolute atomic E-state index is 0.0319. The molecule has 0 bridgehead atoms. The Hall–Kier alpha value is -1.92. The molecule has 0 aromatic heterocycles. The molecule has 0 spiro atoms. The lowest BCUT2D eigenvalue weighted by Crippen LogP contribution is -2.36. The van der Waals surface area contributed by atoms with E-state index in [2.05, 4.69) is 4.90 Å². The summed E-state index contributed by atoms with van der Waals surface area (Å²) in [5.41, 5.74) is 2.08. The van der Waals surface area contributed by atoms with Gasteiger partial charge in [-0.05, 0) is 32.8 Å². The van der Waals surface area contributed by atoms with E-state index in [4.69, 9.17) is 14.6 Å². The third-order valence-corrected chi connectivity index (χ3v) is 4.24. The number of fused-ring (bicyclic) bond motifs is 1. The zero-order chi connectivity index (χ0) is 17.7. The Kier molecular flexibility index (Phi) is 6.34. The summed E-state index contributed by atoms with van der Waals surface area (Å²) in [5, 5.41) is 9.10. The second kappa shape index (κ2) is 8.26. The molecule has 0 aromatic rings. The molecule has 1 saturated heterocycles. The Morgan fingerprint density at radius 1 is 1.42 bits per heavy atom. The Morgan fingerprint density at radius 3 is 2.79 bits per heavy atom. The van der Waals surface area contributed by atoms with Crippen LogP contribution in [0.25, 0.3) is 0 Å². The minimum atomic E-state index is -0.518. The third kappa shape index (κ3) is 4.33. The van der Waals surface area contributed by atoms with E-state index in [-0.39, 0.29) is 36.9 Å². The molecule has 0 unspecified atom stereocenters. The largest absolute Gasteiger partial charge is 0.458 e. The van der Waals surface area contributed by atoms with E-state index >= 15 is 0 Å². The van der Waals surface area contributed by atoms with Crippen LogP contribution in [0.2, 0.25) is 0 Å². The highest BCUT2D eigenvalue weighted by molar-refractivity contribution is 5.88. The molecule has 0 saturated carbocycles. The number of esters is 2. The molecule has 6 heteroatoms. The van der Waals surface area contributed by atoms with Gasteiger partial charge < -0.3 is 14.6 Å². The molecule has 0 aromatic carbocycles. The highest BCUT2D eigenvalue weighted by atomic mass is 16.5. The van der Waals surface area contributed by atoms with E-state index in [0.29, 0.717) is 0 Å². The highest BCUT2D eigenvalue weighted by Crippen LogP contribution is 2.31. The van der Waals surface area contributed by atoms with Crippen LogP contribution in [0.15, 0.2) is 34.9 Å². The molecule has 2 rings (SSSR count). The number of carbonyl (C=O) groups excluding carboxylic acids is 2. The van der Waals surface area contributed by atoms with Crippen LogP contribution in [-0.4, -0.2) is 60.4 Å². The molecule has 2 aliphatic rings. The zero-order valence-electron chi connectivity index (χ0n) is 14.4. The fourth-order valence-electron chi connectivity index (χ4n) is 3.06. The molecule has 1 fully saturated rings. The molecule has 132 valence electrons. The molecule has 0 aliphatic carbocycles. The lowest BCUT2D eigenvalue weighted by Gasteiger charge is -2.23. The van der Waals surface area contributed by atoms with E-state index in [9.17, 15) is 9.59 Å². The van der Waals surface area contributed by atoms with Crippen molar-refractivity contribution in [3.8, 4) is 0 Å². The van der Waals surface area contributed by atoms with Gasteiger partial charge in [-0.2, -0.15) is 0 Å². The monoisotopic (exact) mass is 335 g/mol. The predicted octanol–water partition coefficient (Wildman–Crippen LogP) is 1.36. The first-order valence-electron chi connectivity index (χ1n) is 8.18. The summed E-state index contributed by atoms with van der Waals surface area (Å²) in [5.74, 6) is -0.850. The summed E-state index contributed by atoms with van der Waals surface area (Å²) in [4.78, 5) is 25.9. The van der Waals surface area contributed by atoms with Crippen LogP contribution in [0.1, 0.15) is 27.2 Å². The lowest BCUT2D eigenvalue weighted by atomic mass is 10.1. The average molecular weight is 335 g/mol. The molecule has 1 N–H and O–H groups in total. The van der Waals surface area contributed by atoms with Gasteiger partial charge in [0.05, 0.1) is 18.2 Å². The number of hydrogen-bond acceptors (Lipinski definition) is 6. The van der Waals surface area contributed by atoms with Crippen LogP contribution in [-0.2, 0) is 19.1 Å². The summed E-state index contributed by atoms with van der Waals surface area (Å²) >= 11 is 0. The van der Waals surface area contributed by atoms with Gasteiger partial charge in [-0.15, -0.1) is 0 Å². The van der Waals surface area contributed by atoms with Gasteiger partial charge in [0.25, 0.3) is 0 Å². The van der Waals surface area contributed by atoms with Crippen molar-refractivity contribution in [2.24, 2.45) is 0 Å². The molecule has 0 amide bonds. The van der Waals surface area contributed by atoms with Gasteiger partial charge in [0.2, 0.25) is 0 Å².